The highest BCUT2D eigenvalue weighted by molar-refractivity contribution is 6.15. The van der Waals surface area contributed by atoms with Gasteiger partial charge < -0.3 is 24.5 Å². The van der Waals surface area contributed by atoms with E-state index in [4.69, 9.17) is 9.47 Å². The first-order valence-corrected chi connectivity index (χ1v) is 11.1. The second-order valence-electron chi connectivity index (χ2n) is 8.60. The third-order valence-electron chi connectivity index (χ3n) is 6.82. The molecule has 178 valence electrons. The van der Waals surface area contributed by atoms with Crippen molar-refractivity contribution >= 4 is 28.6 Å². The van der Waals surface area contributed by atoms with Crippen LogP contribution in [0.4, 0.5) is 0 Å². The fourth-order valence-corrected chi connectivity index (χ4v) is 5.14. The molecule has 8 heteroatoms. The predicted molar refractivity (Wildman–Crippen MR) is 128 cm³/mol. The highest BCUT2D eigenvalue weighted by atomic mass is 16.5. The van der Waals surface area contributed by atoms with Gasteiger partial charge in [-0.05, 0) is 42.7 Å². The van der Waals surface area contributed by atoms with Crippen LogP contribution >= 0.6 is 0 Å². The molecule has 2 aromatic carbocycles. The molecule has 0 amide bonds. The second kappa shape index (κ2) is 8.16. The van der Waals surface area contributed by atoms with Gasteiger partial charge in [-0.15, -0.1) is 0 Å². The Bertz CT molecular complexity index is 1460. The number of phenolic OH excluding ortho intramolecular Hbond substituents is 1. The summed E-state index contributed by atoms with van der Waals surface area (Å²) in [4.78, 5) is 45.2. The molecule has 1 aromatic heterocycles. The molecule has 0 fully saturated rings. The van der Waals surface area contributed by atoms with E-state index in [-0.39, 0.29) is 22.5 Å². The number of H-pyrrole nitrogens is 1. The Balaban J connectivity index is 1.76. The number of fused-ring (bicyclic) bond motifs is 5. The molecule has 1 unspecified atom stereocenters. The lowest BCUT2D eigenvalue weighted by atomic mass is 9.75. The molecule has 8 nitrogen and oxygen atoms in total. The molecule has 5 rings (SSSR count). The number of hydrogen-bond acceptors (Lipinski definition) is 7. The van der Waals surface area contributed by atoms with E-state index < -0.39 is 23.3 Å². The van der Waals surface area contributed by atoms with Crippen molar-refractivity contribution in [2.24, 2.45) is 0 Å². The Morgan fingerprint density at radius 2 is 1.83 bits per heavy atom. The fraction of sp³-hybridized carbons (Fsp3) is 0.222. The summed E-state index contributed by atoms with van der Waals surface area (Å²) in [5.41, 5.74) is 1.32. The van der Waals surface area contributed by atoms with E-state index in [0.717, 1.165) is 16.5 Å². The molecule has 0 radical (unpaired) electrons. The molecule has 2 N–H and O–H groups in total. The number of aromatic amines is 1. The zero-order valence-electron chi connectivity index (χ0n) is 19.5. The molecule has 3 aromatic rings. The minimum Gasteiger partial charge on any atom is -0.507 e. The standard InChI is InChI=1S/C27H24N2O6/c1-15-7-6-9-19(22(15)30)23(31)16-13-20(25(32)34-2)27(26(33)35-3)24-18(11-12-29(27)14-16)17-8-4-5-10-21(17)28-24/h4-10,13-14,28,30H,11-12H2,1-3H3. The zero-order chi connectivity index (χ0) is 24.9. The number of aromatic hydroxyl groups is 1. The van der Waals surface area contributed by atoms with Crippen molar-refractivity contribution < 1.29 is 29.0 Å². The van der Waals surface area contributed by atoms with Gasteiger partial charge in [-0.1, -0.05) is 30.3 Å². The van der Waals surface area contributed by atoms with Gasteiger partial charge in [0.25, 0.3) is 0 Å². The van der Waals surface area contributed by atoms with E-state index in [1.54, 1.807) is 30.2 Å². The number of ether oxygens (including phenoxy) is 2. The van der Waals surface area contributed by atoms with Gasteiger partial charge in [0.15, 0.2) is 5.78 Å². The van der Waals surface area contributed by atoms with Gasteiger partial charge in [-0.3, -0.25) is 4.79 Å². The van der Waals surface area contributed by atoms with Crippen molar-refractivity contribution in [1.29, 1.82) is 0 Å². The second-order valence-corrected chi connectivity index (χ2v) is 8.60. The first-order valence-electron chi connectivity index (χ1n) is 11.1. The first-order chi connectivity index (χ1) is 16.8. The lowest BCUT2D eigenvalue weighted by Crippen LogP contribution is -2.58. The van der Waals surface area contributed by atoms with Crippen molar-refractivity contribution in [3.63, 3.8) is 0 Å². The van der Waals surface area contributed by atoms with E-state index in [0.29, 0.717) is 24.2 Å². The molecule has 2 aliphatic rings. The number of carbonyl (C=O) groups excluding carboxylic acids is 3. The maximum absolute atomic E-state index is 13.6. The van der Waals surface area contributed by atoms with E-state index >= 15 is 0 Å². The van der Waals surface area contributed by atoms with Gasteiger partial charge in [-0.2, -0.15) is 0 Å². The summed E-state index contributed by atoms with van der Waals surface area (Å²) in [7, 11) is 2.48. The number of carbonyl (C=O) groups is 3. The van der Waals surface area contributed by atoms with Crippen molar-refractivity contribution in [2.45, 2.75) is 18.9 Å². The third-order valence-corrected chi connectivity index (χ3v) is 6.82. The Kier molecular flexibility index (Phi) is 5.24. The van der Waals surface area contributed by atoms with Gasteiger partial charge in [0, 0.05) is 29.2 Å². The van der Waals surface area contributed by atoms with Crippen LogP contribution in [-0.2, 0) is 31.0 Å². The Labute approximate surface area is 201 Å². The molecule has 3 heterocycles. The molecule has 0 aliphatic carbocycles. The largest absolute Gasteiger partial charge is 0.507 e. The summed E-state index contributed by atoms with van der Waals surface area (Å²) in [6.45, 7) is 2.04. The minimum absolute atomic E-state index is 0.0441. The summed E-state index contributed by atoms with van der Waals surface area (Å²) < 4.78 is 10.3. The lowest BCUT2D eigenvalue weighted by molar-refractivity contribution is -0.156. The number of ketones is 1. The number of nitrogens with zero attached hydrogens (tertiary/aromatic N) is 1. The number of phenols is 1. The van der Waals surface area contributed by atoms with Gasteiger partial charge in [0.05, 0.1) is 31.1 Å². The summed E-state index contributed by atoms with van der Waals surface area (Å²) in [5, 5.41) is 11.4. The van der Waals surface area contributed by atoms with E-state index in [2.05, 4.69) is 4.98 Å². The molecule has 0 saturated heterocycles. The number of para-hydroxylation sites is 2. The SMILES string of the molecule is COC(=O)C1=CC(C(=O)c2cccc(C)c2O)=CN2CCc3c([nH]c4ccccc34)C12C(=O)OC. The van der Waals surface area contributed by atoms with E-state index in [9.17, 15) is 19.5 Å². The van der Waals surface area contributed by atoms with Crippen LogP contribution in [0.3, 0.4) is 0 Å². The lowest BCUT2D eigenvalue weighted by Gasteiger charge is -2.46. The van der Waals surface area contributed by atoms with Crippen LogP contribution in [0.2, 0.25) is 0 Å². The van der Waals surface area contributed by atoms with Gasteiger partial charge >= 0.3 is 11.9 Å². The van der Waals surface area contributed by atoms with E-state index in [1.165, 1.54) is 26.4 Å². The molecular weight excluding hydrogens is 448 g/mol. The summed E-state index contributed by atoms with van der Waals surface area (Å²) >= 11 is 0. The van der Waals surface area contributed by atoms with Gasteiger partial charge in [0.2, 0.25) is 5.54 Å². The number of aryl methyl sites for hydroxylation is 1. The third kappa shape index (κ3) is 3.10. The average molecular weight is 472 g/mol. The Morgan fingerprint density at radius 3 is 2.57 bits per heavy atom. The quantitative estimate of drug-likeness (QED) is 0.443. The molecule has 2 aliphatic heterocycles. The number of benzene rings is 2. The number of nitrogens with one attached hydrogen (secondary N) is 1. The number of aromatic nitrogens is 1. The van der Waals surface area contributed by atoms with Crippen LogP contribution in [0.5, 0.6) is 5.75 Å². The Hall–Kier alpha value is -4.33. The zero-order valence-corrected chi connectivity index (χ0v) is 19.5. The number of Topliss-reactive ketones (excluding diaryl/α,β-unsaturated/α-hetero) is 1. The molecule has 1 atom stereocenters. The van der Waals surface area contributed by atoms with Crippen molar-refractivity contribution in [2.75, 3.05) is 20.8 Å². The number of esters is 2. The molecule has 0 saturated carbocycles. The normalized spacial score (nSPS) is 18.8. The van der Waals surface area contributed by atoms with Crippen molar-refractivity contribution in [3.8, 4) is 5.75 Å². The monoisotopic (exact) mass is 472 g/mol. The first kappa shape index (κ1) is 22.5. The van der Waals surface area contributed by atoms with Gasteiger partial charge in [-0.25, -0.2) is 9.59 Å². The highest BCUT2D eigenvalue weighted by Gasteiger charge is 2.58. The molecule has 0 spiro atoms. The minimum atomic E-state index is -1.66. The smallest absolute Gasteiger partial charge is 0.343 e. The van der Waals surface area contributed by atoms with Gasteiger partial charge in [0.1, 0.15) is 5.75 Å². The fourth-order valence-electron chi connectivity index (χ4n) is 5.14. The summed E-state index contributed by atoms with van der Waals surface area (Å²) in [6, 6.07) is 12.5. The number of methoxy groups -OCH3 is 2. The molecule has 0 bridgehead atoms. The van der Waals surface area contributed by atoms with Crippen LogP contribution in [0.1, 0.15) is 27.2 Å². The number of rotatable bonds is 4. The summed E-state index contributed by atoms with van der Waals surface area (Å²) in [6.07, 6.45) is 3.49. The average Bonchev–Trinajstić information content (AvgIpc) is 3.27. The van der Waals surface area contributed by atoms with Crippen LogP contribution in [-0.4, -0.2) is 53.5 Å². The predicted octanol–water partition coefficient (Wildman–Crippen LogP) is 3.29. The van der Waals surface area contributed by atoms with Crippen molar-refractivity contribution in [3.05, 3.63) is 88.3 Å². The van der Waals surface area contributed by atoms with Crippen LogP contribution < -0.4 is 0 Å². The molecular formula is C27H24N2O6. The van der Waals surface area contributed by atoms with Crippen LogP contribution in [0, 0.1) is 6.92 Å². The van der Waals surface area contributed by atoms with Crippen LogP contribution in [0.15, 0.2) is 65.9 Å². The number of allylic oxidation sites excluding steroid dienone is 2. The maximum Gasteiger partial charge on any atom is 0.343 e. The van der Waals surface area contributed by atoms with Crippen molar-refractivity contribution in [1.82, 2.24) is 9.88 Å². The maximum atomic E-state index is 13.6. The number of hydrogen-bond donors (Lipinski definition) is 2. The highest BCUT2D eigenvalue weighted by Crippen LogP contribution is 2.47. The topological polar surface area (TPSA) is 109 Å². The Morgan fingerprint density at radius 1 is 1.06 bits per heavy atom. The van der Waals surface area contributed by atoms with E-state index in [1.807, 2.05) is 24.3 Å². The van der Waals surface area contributed by atoms with Crippen LogP contribution in [0.25, 0.3) is 10.9 Å². The summed E-state index contributed by atoms with van der Waals surface area (Å²) in [5.74, 6) is -2.05. The molecule has 35 heavy (non-hydrogen) atoms.